The highest BCUT2D eigenvalue weighted by Gasteiger charge is 2.29. The van der Waals surface area contributed by atoms with Crippen molar-refractivity contribution in [1.29, 1.82) is 0 Å². The van der Waals surface area contributed by atoms with E-state index in [1.165, 1.54) is 0 Å². The number of aliphatic hydroxyl groups is 1. The SMILES string of the molecule is CN(C(=O)CCCc1nnnn1-c1ccccc1)C1CCCCC1O. The summed E-state index contributed by atoms with van der Waals surface area (Å²) >= 11 is 0. The Morgan fingerprint density at radius 1 is 1.28 bits per heavy atom. The molecular weight excluding hydrogens is 318 g/mol. The van der Waals surface area contributed by atoms with Crippen LogP contribution in [0.4, 0.5) is 0 Å². The minimum Gasteiger partial charge on any atom is -0.391 e. The van der Waals surface area contributed by atoms with Gasteiger partial charge in [-0.05, 0) is 41.8 Å². The Kier molecular flexibility index (Phi) is 5.75. The number of amides is 1. The van der Waals surface area contributed by atoms with Gasteiger partial charge in [0.25, 0.3) is 0 Å². The van der Waals surface area contributed by atoms with Gasteiger partial charge in [0.2, 0.25) is 5.91 Å². The number of benzene rings is 1. The lowest BCUT2D eigenvalue weighted by Gasteiger charge is -2.35. The van der Waals surface area contributed by atoms with Crippen LogP contribution in [0.1, 0.15) is 44.3 Å². The molecule has 1 aliphatic rings. The van der Waals surface area contributed by atoms with E-state index in [2.05, 4.69) is 15.5 Å². The third-order valence-electron chi connectivity index (χ3n) is 4.91. The summed E-state index contributed by atoms with van der Waals surface area (Å²) in [5, 5.41) is 22.0. The van der Waals surface area contributed by atoms with E-state index >= 15 is 0 Å². The molecule has 2 unspecified atom stereocenters. The summed E-state index contributed by atoms with van der Waals surface area (Å²) in [6, 6.07) is 9.67. The molecule has 1 N–H and O–H groups in total. The molecular formula is C18H25N5O2. The van der Waals surface area contributed by atoms with Crippen LogP contribution in [0, 0.1) is 0 Å². The summed E-state index contributed by atoms with van der Waals surface area (Å²) in [5.74, 6) is 0.823. The highest BCUT2D eigenvalue weighted by Crippen LogP contribution is 2.23. The fourth-order valence-electron chi connectivity index (χ4n) is 3.43. The van der Waals surface area contributed by atoms with Gasteiger partial charge in [-0.2, -0.15) is 4.68 Å². The van der Waals surface area contributed by atoms with Gasteiger partial charge in [0, 0.05) is 19.9 Å². The average molecular weight is 343 g/mol. The second-order valence-electron chi connectivity index (χ2n) is 6.62. The van der Waals surface area contributed by atoms with E-state index in [1.54, 1.807) is 16.6 Å². The minimum absolute atomic E-state index is 0.0455. The number of carbonyl (C=O) groups excluding carboxylic acids is 1. The van der Waals surface area contributed by atoms with Crippen LogP contribution in [-0.4, -0.2) is 55.3 Å². The Morgan fingerprint density at radius 3 is 2.80 bits per heavy atom. The fourth-order valence-corrected chi connectivity index (χ4v) is 3.43. The molecule has 3 rings (SSSR count). The molecule has 1 amide bonds. The van der Waals surface area contributed by atoms with Gasteiger partial charge in [-0.1, -0.05) is 31.0 Å². The van der Waals surface area contributed by atoms with Gasteiger partial charge in [-0.15, -0.1) is 5.10 Å². The largest absolute Gasteiger partial charge is 0.391 e. The quantitative estimate of drug-likeness (QED) is 0.864. The van der Waals surface area contributed by atoms with Crippen molar-refractivity contribution in [3.8, 4) is 5.69 Å². The van der Waals surface area contributed by atoms with E-state index in [0.717, 1.165) is 37.2 Å². The molecule has 2 atom stereocenters. The number of carbonyl (C=O) groups is 1. The number of nitrogens with zero attached hydrogens (tertiary/aromatic N) is 5. The number of rotatable bonds is 6. The summed E-state index contributed by atoms with van der Waals surface area (Å²) in [6.07, 6.45) is 5.14. The summed E-state index contributed by atoms with van der Waals surface area (Å²) in [4.78, 5) is 14.2. The molecule has 7 nitrogen and oxygen atoms in total. The Morgan fingerprint density at radius 2 is 2.04 bits per heavy atom. The fraction of sp³-hybridized carbons (Fsp3) is 0.556. The van der Waals surface area contributed by atoms with E-state index < -0.39 is 6.10 Å². The Bertz CT molecular complexity index is 688. The molecule has 1 heterocycles. The molecule has 1 aliphatic carbocycles. The molecule has 134 valence electrons. The molecule has 2 aromatic rings. The van der Waals surface area contributed by atoms with Crippen LogP contribution in [-0.2, 0) is 11.2 Å². The summed E-state index contributed by atoms with van der Waals surface area (Å²) in [6.45, 7) is 0. The predicted molar refractivity (Wildman–Crippen MR) is 93.1 cm³/mol. The highest BCUT2D eigenvalue weighted by molar-refractivity contribution is 5.76. The maximum absolute atomic E-state index is 12.4. The number of para-hydroxylation sites is 1. The lowest BCUT2D eigenvalue weighted by Crippen LogP contribution is -2.46. The van der Waals surface area contributed by atoms with Gasteiger partial charge in [0.1, 0.15) is 0 Å². The zero-order chi connectivity index (χ0) is 17.6. The highest BCUT2D eigenvalue weighted by atomic mass is 16.3. The number of tetrazole rings is 1. The van der Waals surface area contributed by atoms with Crippen LogP contribution >= 0.6 is 0 Å². The molecule has 7 heteroatoms. The Hall–Kier alpha value is -2.28. The second-order valence-corrected chi connectivity index (χ2v) is 6.62. The molecule has 0 spiro atoms. The van der Waals surface area contributed by atoms with Gasteiger partial charge in [-0.3, -0.25) is 4.79 Å². The van der Waals surface area contributed by atoms with Crippen molar-refractivity contribution >= 4 is 5.91 Å². The topological polar surface area (TPSA) is 84.1 Å². The van der Waals surface area contributed by atoms with Crippen molar-refractivity contribution in [2.45, 2.75) is 57.1 Å². The van der Waals surface area contributed by atoms with Crippen molar-refractivity contribution in [2.24, 2.45) is 0 Å². The number of hydrogen-bond donors (Lipinski definition) is 1. The number of aryl methyl sites for hydroxylation is 1. The molecule has 0 radical (unpaired) electrons. The van der Waals surface area contributed by atoms with E-state index in [0.29, 0.717) is 19.3 Å². The van der Waals surface area contributed by atoms with Crippen LogP contribution in [0.5, 0.6) is 0 Å². The van der Waals surface area contributed by atoms with Crippen molar-refractivity contribution in [3.63, 3.8) is 0 Å². The third kappa shape index (κ3) is 4.22. The molecule has 0 aliphatic heterocycles. The lowest BCUT2D eigenvalue weighted by atomic mass is 9.91. The molecule has 1 fully saturated rings. The number of likely N-dealkylation sites (N-methyl/N-ethyl adjacent to an activating group) is 1. The lowest BCUT2D eigenvalue weighted by molar-refractivity contribution is -0.135. The van der Waals surface area contributed by atoms with E-state index in [-0.39, 0.29) is 11.9 Å². The first-order valence-corrected chi connectivity index (χ1v) is 8.93. The number of aromatic nitrogens is 4. The van der Waals surface area contributed by atoms with Gasteiger partial charge in [0.15, 0.2) is 5.82 Å². The maximum Gasteiger partial charge on any atom is 0.222 e. The minimum atomic E-state index is -0.395. The molecule has 0 bridgehead atoms. The van der Waals surface area contributed by atoms with Crippen LogP contribution in [0.2, 0.25) is 0 Å². The van der Waals surface area contributed by atoms with Crippen LogP contribution in [0.25, 0.3) is 5.69 Å². The standard InChI is InChI=1S/C18H25N5O2/c1-22(15-10-5-6-11-16(15)24)18(25)13-7-12-17-19-20-21-23(17)14-8-3-2-4-9-14/h2-4,8-9,15-16,24H,5-7,10-13H2,1H3. The summed E-state index contributed by atoms with van der Waals surface area (Å²) in [7, 11) is 1.80. The predicted octanol–water partition coefficient (Wildman–Crippen LogP) is 1.75. The maximum atomic E-state index is 12.4. The number of hydrogen-bond acceptors (Lipinski definition) is 5. The smallest absolute Gasteiger partial charge is 0.222 e. The molecule has 1 aromatic carbocycles. The van der Waals surface area contributed by atoms with Crippen molar-refractivity contribution in [2.75, 3.05) is 7.05 Å². The first kappa shape index (κ1) is 17.5. The summed E-state index contributed by atoms with van der Waals surface area (Å²) in [5.41, 5.74) is 0.913. The first-order valence-electron chi connectivity index (χ1n) is 8.93. The van der Waals surface area contributed by atoms with Crippen LogP contribution in [0.3, 0.4) is 0 Å². The first-order chi connectivity index (χ1) is 12.2. The average Bonchev–Trinajstić information content (AvgIpc) is 3.11. The van der Waals surface area contributed by atoms with Gasteiger partial charge in [-0.25, -0.2) is 0 Å². The van der Waals surface area contributed by atoms with Crippen LogP contribution < -0.4 is 0 Å². The Labute approximate surface area is 147 Å². The van der Waals surface area contributed by atoms with Crippen molar-refractivity contribution < 1.29 is 9.90 Å². The second kappa shape index (κ2) is 8.20. The Balaban J connectivity index is 1.53. The molecule has 1 aromatic heterocycles. The molecule has 0 saturated heterocycles. The third-order valence-corrected chi connectivity index (χ3v) is 4.91. The van der Waals surface area contributed by atoms with E-state index in [4.69, 9.17) is 0 Å². The summed E-state index contributed by atoms with van der Waals surface area (Å²) < 4.78 is 1.71. The van der Waals surface area contributed by atoms with E-state index in [9.17, 15) is 9.90 Å². The van der Waals surface area contributed by atoms with Gasteiger partial charge < -0.3 is 10.0 Å². The zero-order valence-electron chi connectivity index (χ0n) is 14.6. The molecule has 1 saturated carbocycles. The van der Waals surface area contributed by atoms with E-state index in [1.807, 2.05) is 30.3 Å². The zero-order valence-corrected chi connectivity index (χ0v) is 14.6. The number of aliphatic hydroxyl groups excluding tert-OH is 1. The van der Waals surface area contributed by atoms with Crippen molar-refractivity contribution in [3.05, 3.63) is 36.2 Å². The van der Waals surface area contributed by atoms with Gasteiger partial charge >= 0.3 is 0 Å². The molecule has 25 heavy (non-hydrogen) atoms. The van der Waals surface area contributed by atoms with Crippen molar-refractivity contribution in [1.82, 2.24) is 25.1 Å². The van der Waals surface area contributed by atoms with Gasteiger partial charge in [0.05, 0.1) is 17.8 Å². The monoisotopic (exact) mass is 343 g/mol. The van der Waals surface area contributed by atoms with Crippen LogP contribution in [0.15, 0.2) is 30.3 Å². The normalized spacial score (nSPS) is 20.4.